The third kappa shape index (κ3) is 6.96. The predicted octanol–water partition coefficient (Wildman–Crippen LogP) is 2.26. The predicted molar refractivity (Wildman–Crippen MR) is 111 cm³/mol. The molecule has 1 unspecified atom stereocenters. The number of nitrogens with one attached hydrogen (secondary N) is 2. The zero-order chi connectivity index (χ0) is 20.4. The fourth-order valence-electron chi connectivity index (χ4n) is 3.09. The molecule has 1 aromatic rings. The average Bonchev–Trinajstić information content (AvgIpc) is 2.70. The number of aliphatic imine (C=N–C) groups is 1. The highest BCUT2D eigenvalue weighted by molar-refractivity contribution is 5.79. The Kier molecular flexibility index (Phi) is 9.02. The highest BCUT2D eigenvalue weighted by atomic mass is 16.5. The van der Waals surface area contributed by atoms with Gasteiger partial charge in [-0.15, -0.1) is 0 Å². The molecule has 1 aliphatic rings. The molecule has 0 bridgehead atoms. The van der Waals surface area contributed by atoms with Crippen LogP contribution < -0.4 is 15.4 Å². The zero-order valence-electron chi connectivity index (χ0n) is 17.5. The maximum atomic E-state index is 10.5. The molecule has 1 heterocycles. The van der Waals surface area contributed by atoms with Gasteiger partial charge in [-0.2, -0.15) is 0 Å². The van der Waals surface area contributed by atoms with Crippen molar-refractivity contribution in [2.75, 3.05) is 40.0 Å². The third-order valence-corrected chi connectivity index (χ3v) is 4.81. The van der Waals surface area contributed by atoms with Crippen LogP contribution in [-0.4, -0.2) is 62.7 Å². The van der Waals surface area contributed by atoms with Crippen molar-refractivity contribution in [2.24, 2.45) is 4.99 Å². The molecule has 2 rings (SSSR count). The molecule has 0 amide bonds. The Morgan fingerprint density at radius 3 is 2.46 bits per heavy atom. The lowest BCUT2D eigenvalue weighted by Gasteiger charge is -2.34. The third-order valence-electron chi connectivity index (χ3n) is 4.81. The van der Waals surface area contributed by atoms with Crippen LogP contribution in [0.1, 0.15) is 45.3 Å². The Bertz CT molecular complexity index is 598. The van der Waals surface area contributed by atoms with Crippen LogP contribution in [0.4, 0.5) is 0 Å². The Morgan fingerprint density at radius 1 is 1.21 bits per heavy atom. The quantitative estimate of drug-likeness (QED) is 0.441. The molecule has 0 aromatic heterocycles. The van der Waals surface area contributed by atoms with Gasteiger partial charge in [-0.25, -0.2) is 0 Å². The van der Waals surface area contributed by atoms with Crippen molar-refractivity contribution in [3.05, 3.63) is 29.8 Å². The number of ether oxygens (including phenoxy) is 3. The van der Waals surface area contributed by atoms with Gasteiger partial charge < -0.3 is 30.0 Å². The fourth-order valence-corrected chi connectivity index (χ4v) is 3.09. The van der Waals surface area contributed by atoms with Crippen LogP contribution >= 0.6 is 0 Å². The maximum absolute atomic E-state index is 10.5. The minimum Gasteiger partial charge on any atom is -0.491 e. The van der Waals surface area contributed by atoms with Gasteiger partial charge >= 0.3 is 0 Å². The summed E-state index contributed by atoms with van der Waals surface area (Å²) in [6, 6.07) is 7.53. The van der Waals surface area contributed by atoms with E-state index in [-0.39, 0.29) is 11.7 Å². The summed E-state index contributed by atoms with van der Waals surface area (Å²) in [5.74, 6) is 1.47. The van der Waals surface area contributed by atoms with E-state index in [1.807, 2.05) is 45.0 Å². The minimum atomic E-state index is -0.642. The molecule has 1 aromatic carbocycles. The van der Waals surface area contributed by atoms with Crippen LogP contribution in [0.15, 0.2) is 29.3 Å². The molecule has 1 atom stereocenters. The molecule has 0 radical (unpaired) electrons. The molecular weight excluding hydrogens is 358 g/mol. The van der Waals surface area contributed by atoms with Crippen LogP contribution in [0.5, 0.6) is 5.75 Å². The monoisotopic (exact) mass is 393 g/mol. The summed E-state index contributed by atoms with van der Waals surface area (Å²) >= 11 is 0. The van der Waals surface area contributed by atoms with Gasteiger partial charge in [0.05, 0.1) is 24.4 Å². The zero-order valence-corrected chi connectivity index (χ0v) is 17.5. The van der Waals surface area contributed by atoms with Gasteiger partial charge in [0.1, 0.15) is 5.75 Å². The molecule has 7 nitrogen and oxygen atoms in total. The fraction of sp³-hybridized carbons (Fsp3) is 0.667. The van der Waals surface area contributed by atoms with Crippen molar-refractivity contribution in [1.29, 1.82) is 0 Å². The number of methoxy groups -OCH3 is 1. The van der Waals surface area contributed by atoms with E-state index in [1.54, 1.807) is 7.11 Å². The second-order valence-corrected chi connectivity index (χ2v) is 7.33. The molecule has 1 aliphatic heterocycles. The first kappa shape index (κ1) is 22.5. The number of aliphatic hydroxyl groups excluding tert-OH is 1. The van der Waals surface area contributed by atoms with E-state index >= 15 is 0 Å². The molecule has 7 heteroatoms. The summed E-state index contributed by atoms with van der Waals surface area (Å²) in [4.78, 5) is 4.68. The summed E-state index contributed by atoms with van der Waals surface area (Å²) in [6.07, 6.45) is 1.15. The summed E-state index contributed by atoms with van der Waals surface area (Å²) < 4.78 is 16.8. The number of aliphatic hydroxyl groups is 1. The van der Waals surface area contributed by atoms with Crippen LogP contribution in [0.2, 0.25) is 0 Å². The first-order valence-electron chi connectivity index (χ1n) is 10.1. The second kappa shape index (κ2) is 11.2. The molecule has 158 valence electrons. The van der Waals surface area contributed by atoms with Gasteiger partial charge in [0.25, 0.3) is 0 Å². The number of nitrogens with zero attached hydrogens (tertiary/aromatic N) is 1. The van der Waals surface area contributed by atoms with Crippen molar-refractivity contribution < 1.29 is 19.3 Å². The maximum Gasteiger partial charge on any atom is 0.191 e. The first-order valence-corrected chi connectivity index (χ1v) is 10.1. The van der Waals surface area contributed by atoms with Gasteiger partial charge in [-0.05, 0) is 38.5 Å². The summed E-state index contributed by atoms with van der Waals surface area (Å²) in [5.41, 5.74) is 0.558. The highest BCUT2D eigenvalue weighted by Gasteiger charge is 2.32. The standard InChI is InChI=1S/C21H35N3O4/c1-5-22-20(24-15-21(26-4)10-12-27-13-11-21)23-14-19(25)17-6-8-18(9-7-17)28-16(2)3/h6-9,16,19,25H,5,10-15H2,1-4H3,(H2,22,23,24). The van der Waals surface area contributed by atoms with Crippen molar-refractivity contribution in [3.63, 3.8) is 0 Å². The van der Waals surface area contributed by atoms with Gasteiger partial charge in [0.15, 0.2) is 5.96 Å². The largest absolute Gasteiger partial charge is 0.491 e. The van der Waals surface area contributed by atoms with E-state index in [0.29, 0.717) is 32.3 Å². The van der Waals surface area contributed by atoms with E-state index < -0.39 is 6.10 Å². The van der Waals surface area contributed by atoms with E-state index in [4.69, 9.17) is 14.2 Å². The molecule has 0 aliphatic carbocycles. The molecule has 1 fully saturated rings. The summed E-state index contributed by atoms with van der Waals surface area (Å²) in [5, 5.41) is 16.9. The number of rotatable bonds is 9. The Balaban J connectivity index is 1.92. The molecule has 0 spiro atoms. The van der Waals surface area contributed by atoms with Crippen molar-refractivity contribution in [3.8, 4) is 5.75 Å². The molecule has 0 saturated carbocycles. The second-order valence-electron chi connectivity index (χ2n) is 7.33. The van der Waals surface area contributed by atoms with Gasteiger partial charge in [-0.1, -0.05) is 12.1 Å². The van der Waals surface area contributed by atoms with E-state index in [2.05, 4.69) is 15.6 Å². The van der Waals surface area contributed by atoms with Crippen LogP contribution in [0.25, 0.3) is 0 Å². The van der Waals surface area contributed by atoms with Crippen LogP contribution in [-0.2, 0) is 9.47 Å². The lowest BCUT2D eigenvalue weighted by atomic mass is 9.94. The lowest BCUT2D eigenvalue weighted by molar-refractivity contribution is -0.0828. The van der Waals surface area contributed by atoms with Gasteiger partial charge in [0, 0.05) is 46.3 Å². The Hall–Kier alpha value is -1.83. The number of benzene rings is 1. The van der Waals surface area contributed by atoms with Crippen molar-refractivity contribution >= 4 is 5.96 Å². The van der Waals surface area contributed by atoms with E-state index in [0.717, 1.165) is 30.7 Å². The number of hydrogen-bond acceptors (Lipinski definition) is 5. The van der Waals surface area contributed by atoms with Gasteiger partial charge in [-0.3, -0.25) is 4.99 Å². The minimum absolute atomic E-state index is 0.127. The molecule has 3 N–H and O–H groups in total. The average molecular weight is 394 g/mol. The van der Waals surface area contributed by atoms with E-state index in [1.165, 1.54) is 0 Å². The summed E-state index contributed by atoms with van der Waals surface area (Å²) in [7, 11) is 1.73. The molecule has 28 heavy (non-hydrogen) atoms. The Morgan fingerprint density at radius 2 is 1.89 bits per heavy atom. The van der Waals surface area contributed by atoms with Crippen molar-refractivity contribution in [2.45, 2.75) is 51.4 Å². The topological polar surface area (TPSA) is 84.3 Å². The summed E-state index contributed by atoms with van der Waals surface area (Å²) in [6.45, 7) is 9.04. The van der Waals surface area contributed by atoms with E-state index in [9.17, 15) is 5.11 Å². The SMILES string of the molecule is CCNC(=NCC1(OC)CCOCC1)NCC(O)c1ccc(OC(C)C)cc1. The molecule has 1 saturated heterocycles. The Labute approximate surface area is 168 Å². The number of hydrogen-bond donors (Lipinski definition) is 3. The molecular formula is C21H35N3O4. The first-order chi connectivity index (χ1) is 13.5. The smallest absolute Gasteiger partial charge is 0.191 e. The lowest BCUT2D eigenvalue weighted by Crippen LogP contribution is -2.44. The number of guanidine groups is 1. The normalized spacial score (nSPS) is 18.0. The van der Waals surface area contributed by atoms with Gasteiger partial charge in [0.2, 0.25) is 0 Å². The highest BCUT2D eigenvalue weighted by Crippen LogP contribution is 2.24. The van der Waals surface area contributed by atoms with Crippen molar-refractivity contribution in [1.82, 2.24) is 10.6 Å². The van der Waals surface area contributed by atoms with Crippen LogP contribution in [0.3, 0.4) is 0 Å². The van der Waals surface area contributed by atoms with Crippen LogP contribution in [0, 0.1) is 0 Å².